The summed E-state index contributed by atoms with van der Waals surface area (Å²) in [6.45, 7) is 2.72. The molecule has 29 heavy (non-hydrogen) atoms. The highest BCUT2D eigenvalue weighted by Gasteiger charge is 2.36. The van der Waals surface area contributed by atoms with Crippen molar-refractivity contribution < 1.29 is 22.8 Å². The monoisotopic (exact) mass is 409 g/mol. The van der Waals surface area contributed by atoms with E-state index >= 15 is 0 Å². The number of nitrogens with zero attached hydrogens (tertiary/aromatic N) is 4. The minimum Gasteiger partial charge on any atom is -0.368 e. The van der Waals surface area contributed by atoms with Crippen molar-refractivity contribution in [1.29, 1.82) is 0 Å². The van der Waals surface area contributed by atoms with Gasteiger partial charge >= 0.3 is 6.18 Å². The number of halogens is 3. The Labute approximate surface area is 165 Å². The van der Waals surface area contributed by atoms with E-state index in [0.29, 0.717) is 13.1 Å². The largest absolute Gasteiger partial charge is 0.435 e. The third-order valence-electron chi connectivity index (χ3n) is 4.92. The van der Waals surface area contributed by atoms with E-state index in [2.05, 4.69) is 5.10 Å². The van der Waals surface area contributed by atoms with E-state index in [9.17, 15) is 22.8 Å². The summed E-state index contributed by atoms with van der Waals surface area (Å²) in [5.41, 5.74) is 5.73. The second-order valence-corrected chi connectivity index (χ2v) is 7.05. The van der Waals surface area contributed by atoms with Gasteiger partial charge < -0.3 is 10.6 Å². The number of benzene rings is 1. The van der Waals surface area contributed by atoms with E-state index in [-0.39, 0.29) is 25.3 Å². The molecule has 10 heteroatoms. The second-order valence-electron chi connectivity index (χ2n) is 7.05. The Morgan fingerprint density at radius 1 is 1.21 bits per heavy atom. The van der Waals surface area contributed by atoms with Crippen molar-refractivity contribution >= 4 is 11.8 Å². The molecule has 1 aromatic heterocycles. The van der Waals surface area contributed by atoms with Gasteiger partial charge in [0.25, 0.3) is 0 Å². The van der Waals surface area contributed by atoms with Gasteiger partial charge in [0.15, 0.2) is 5.69 Å². The predicted molar refractivity (Wildman–Crippen MR) is 98.4 cm³/mol. The number of carbonyl (C=O) groups excluding carboxylic acids is 2. The van der Waals surface area contributed by atoms with Gasteiger partial charge in [-0.25, -0.2) is 0 Å². The number of carbonyl (C=O) groups is 2. The number of aromatic nitrogens is 2. The number of amides is 2. The summed E-state index contributed by atoms with van der Waals surface area (Å²) in [6, 6.07) is 9.72. The van der Waals surface area contributed by atoms with Crippen molar-refractivity contribution in [2.24, 2.45) is 5.73 Å². The van der Waals surface area contributed by atoms with Crippen molar-refractivity contribution in [3.05, 3.63) is 53.3 Å². The van der Waals surface area contributed by atoms with Crippen LogP contribution >= 0.6 is 0 Å². The van der Waals surface area contributed by atoms with Crippen LogP contribution in [0.1, 0.15) is 17.0 Å². The molecule has 0 bridgehead atoms. The number of rotatable bonds is 5. The highest BCUT2D eigenvalue weighted by Crippen LogP contribution is 2.28. The number of nitrogens with two attached hydrogens (primary N) is 1. The average molecular weight is 409 g/mol. The van der Waals surface area contributed by atoms with Crippen LogP contribution < -0.4 is 5.73 Å². The Kier molecular flexibility index (Phi) is 5.92. The molecule has 1 fully saturated rings. The Morgan fingerprint density at radius 3 is 2.48 bits per heavy atom. The summed E-state index contributed by atoms with van der Waals surface area (Å²) in [5, 5.41) is 3.47. The van der Waals surface area contributed by atoms with Gasteiger partial charge in [0.1, 0.15) is 12.6 Å². The van der Waals surface area contributed by atoms with Gasteiger partial charge in [0.2, 0.25) is 11.8 Å². The molecule has 1 aliphatic rings. The maximum Gasteiger partial charge on any atom is 0.435 e. The molecule has 0 aliphatic carbocycles. The van der Waals surface area contributed by atoms with E-state index in [4.69, 9.17) is 5.73 Å². The number of piperazine rings is 1. The summed E-state index contributed by atoms with van der Waals surface area (Å²) in [5.74, 6) is -1.14. The molecule has 1 atom stereocenters. The molecular weight excluding hydrogens is 387 g/mol. The molecule has 1 aliphatic heterocycles. The Bertz CT molecular complexity index is 882. The van der Waals surface area contributed by atoms with Gasteiger partial charge in [0.05, 0.1) is 0 Å². The molecule has 2 amide bonds. The van der Waals surface area contributed by atoms with E-state index in [1.165, 1.54) is 11.8 Å². The van der Waals surface area contributed by atoms with Crippen LogP contribution in [0.3, 0.4) is 0 Å². The van der Waals surface area contributed by atoms with Crippen LogP contribution in [0.5, 0.6) is 0 Å². The molecule has 0 radical (unpaired) electrons. The highest BCUT2D eigenvalue weighted by atomic mass is 19.4. The third kappa shape index (κ3) is 4.94. The van der Waals surface area contributed by atoms with E-state index in [1.807, 2.05) is 35.2 Å². The van der Waals surface area contributed by atoms with Gasteiger partial charge in [-0.1, -0.05) is 30.3 Å². The fourth-order valence-electron chi connectivity index (χ4n) is 3.39. The lowest BCUT2D eigenvalue weighted by Crippen LogP contribution is -2.60. The molecule has 1 aromatic carbocycles. The molecule has 2 N–H and O–H groups in total. The standard InChI is InChI=1S/C19H22F3N5O2/c1-13-9-16(19(20,21)22)24-27(13)12-17(28)26-8-7-25(11-15(26)18(23)29)10-14-5-3-2-4-6-14/h2-6,9,15H,7-8,10-12H2,1H3,(H2,23,29). The zero-order valence-electron chi connectivity index (χ0n) is 15.9. The van der Waals surface area contributed by atoms with Crippen molar-refractivity contribution in [1.82, 2.24) is 19.6 Å². The first-order valence-electron chi connectivity index (χ1n) is 9.12. The van der Waals surface area contributed by atoms with E-state index in [0.717, 1.165) is 16.3 Å². The molecule has 3 rings (SSSR count). The third-order valence-corrected chi connectivity index (χ3v) is 4.92. The Balaban J connectivity index is 1.69. The topological polar surface area (TPSA) is 84.5 Å². The number of aryl methyl sites for hydroxylation is 1. The lowest BCUT2D eigenvalue weighted by atomic mass is 10.1. The van der Waals surface area contributed by atoms with Crippen LogP contribution in [0.25, 0.3) is 0 Å². The number of hydrogen-bond donors (Lipinski definition) is 1. The molecule has 0 saturated carbocycles. The van der Waals surface area contributed by atoms with Gasteiger partial charge in [-0.3, -0.25) is 19.2 Å². The first-order chi connectivity index (χ1) is 13.6. The minimum atomic E-state index is -4.59. The Hall–Kier alpha value is -2.88. The molecular formula is C19H22F3N5O2. The zero-order valence-corrected chi connectivity index (χ0v) is 15.9. The Morgan fingerprint density at radius 2 is 1.90 bits per heavy atom. The van der Waals surface area contributed by atoms with Gasteiger partial charge in [-0.15, -0.1) is 0 Å². The molecule has 1 saturated heterocycles. The van der Waals surface area contributed by atoms with Crippen molar-refractivity contribution in [2.75, 3.05) is 19.6 Å². The average Bonchev–Trinajstić information content (AvgIpc) is 3.03. The molecule has 2 heterocycles. The molecule has 7 nitrogen and oxygen atoms in total. The first kappa shape index (κ1) is 20.8. The number of alkyl halides is 3. The van der Waals surface area contributed by atoms with Crippen molar-refractivity contribution in [3.63, 3.8) is 0 Å². The van der Waals surface area contributed by atoms with Crippen LogP contribution in [0.2, 0.25) is 0 Å². The fourth-order valence-corrected chi connectivity index (χ4v) is 3.39. The summed E-state index contributed by atoms with van der Waals surface area (Å²) >= 11 is 0. The SMILES string of the molecule is Cc1cc(C(F)(F)F)nn1CC(=O)N1CCN(Cc2ccccc2)CC1C(N)=O. The quantitative estimate of drug-likeness (QED) is 0.809. The van der Waals surface area contributed by atoms with Crippen LogP contribution in [0.4, 0.5) is 13.2 Å². The summed E-state index contributed by atoms with van der Waals surface area (Å²) < 4.78 is 39.5. The fraction of sp³-hybridized carbons (Fsp3) is 0.421. The lowest BCUT2D eigenvalue weighted by molar-refractivity contribution is -0.144. The minimum absolute atomic E-state index is 0.212. The predicted octanol–water partition coefficient (Wildman–Crippen LogP) is 1.41. The summed E-state index contributed by atoms with van der Waals surface area (Å²) in [6.07, 6.45) is -4.59. The second kappa shape index (κ2) is 8.24. The van der Waals surface area contributed by atoms with Crippen LogP contribution in [-0.4, -0.2) is 57.1 Å². The highest BCUT2D eigenvalue weighted by molar-refractivity contribution is 5.87. The molecule has 1 unspecified atom stereocenters. The molecule has 2 aromatic rings. The molecule has 0 spiro atoms. The number of hydrogen-bond acceptors (Lipinski definition) is 4. The smallest absolute Gasteiger partial charge is 0.368 e. The first-order valence-corrected chi connectivity index (χ1v) is 9.12. The maximum absolute atomic E-state index is 12.8. The lowest BCUT2D eigenvalue weighted by Gasteiger charge is -2.40. The van der Waals surface area contributed by atoms with Crippen molar-refractivity contribution in [2.45, 2.75) is 32.2 Å². The van der Waals surface area contributed by atoms with E-state index < -0.39 is 29.7 Å². The van der Waals surface area contributed by atoms with Crippen LogP contribution in [0, 0.1) is 6.92 Å². The summed E-state index contributed by atoms with van der Waals surface area (Å²) in [7, 11) is 0. The number of primary amides is 1. The summed E-state index contributed by atoms with van der Waals surface area (Å²) in [4.78, 5) is 28.0. The molecule has 156 valence electrons. The normalized spacial score (nSPS) is 18.1. The van der Waals surface area contributed by atoms with Gasteiger partial charge in [-0.05, 0) is 18.6 Å². The maximum atomic E-state index is 12.8. The van der Waals surface area contributed by atoms with E-state index in [1.54, 1.807) is 0 Å². The van der Waals surface area contributed by atoms with Crippen molar-refractivity contribution in [3.8, 4) is 0 Å². The zero-order chi connectivity index (χ0) is 21.2. The van der Waals surface area contributed by atoms with Gasteiger partial charge in [-0.2, -0.15) is 18.3 Å². The van der Waals surface area contributed by atoms with Gasteiger partial charge in [0, 0.05) is 31.9 Å². The van der Waals surface area contributed by atoms with Crippen LogP contribution in [0.15, 0.2) is 36.4 Å². The van der Waals surface area contributed by atoms with Crippen LogP contribution in [-0.2, 0) is 28.9 Å².